The van der Waals surface area contributed by atoms with E-state index in [1.54, 1.807) is 12.1 Å². The van der Waals surface area contributed by atoms with Crippen molar-refractivity contribution in [2.45, 2.75) is 17.0 Å². The molecule has 0 radical (unpaired) electrons. The Kier molecular flexibility index (Phi) is 5.73. The van der Waals surface area contributed by atoms with Crippen LogP contribution in [0.5, 0.6) is 0 Å². The van der Waals surface area contributed by atoms with Gasteiger partial charge in [0, 0.05) is 10.0 Å². The molecule has 0 amide bonds. The van der Waals surface area contributed by atoms with Gasteiger partial charge in [0.15, 0.2) is 4.34 Å². The molecule has 1 heterocycles. The smallest absolute Gasteiger partial charge is 0.238 e. The number of benzene rings is 1. The number of hydrogen-bond donors (Lipinski definition) is 1. The molecule has 0 spiro atoms. The SMILES string of the molecule is CCSc1nnc(NS(=O)(=O)Cc2ccc(Cl)cc2Cl)s1. The number of rotatable bonds is 6. The maximum absolute atomic E-state index is 12.1. The largest absolute Gasteiger partial charge is 0.257 e. The van der Waals surface area contributed by atoms with Crippen LogP contribution in [0.25, 0.3) is 0 Å². The van der Waals surface area contributed by atoms with Crippen LogP contribution in [0.1, 0.15) is 12.5 Å². The maximum Gasteiger partial charge on any atom is 0.238 e. The summed E-state index contributed by atoms with van der Waals surface area (Å²) >= 11 is 14.5. The molecule has 0 atom stereocenters. The zero-order chi connectivity index (χ0) is 15.5. The first-order valence-corrected chi connectivity index (χ1v) is 10.0. The van der Waals surface area contributed by atoms with E-state index in [-0.39, 0.29) is 10.9 Å². The van der Waals surface area contributed by atoms with E-state index in [1.165, 1.54) is 29.2 Å². The molecular formula is C11H11Cl2N3O2S3. The Bertz CT molecular complexity index is 734. The van der Waals surface area contributed by atoms with E-state index in [0.717, 1.165) is 10.1 Å². The fraction of sp³-hybridized carbons (Fsp3) is 0.273. The lowest BCUT2D eigenvalue weighted by atomic mass is 10.2. The van der Waals surface area contributed by atoms with Crippen LogP contribution in [-0.4, -0.2) is 24.4 Å². The van der Waals surface area contributed by atoms with Crippen molar-refractivity contribution in [3.8, 4) is 0 Å². The second-order valence-corrected chi connectivity index (χ2v) is 8.96. The topological polar surface area (TPSA) is 72.0 Å². The Morgan fingerprint density at radius 2 is 2.10 bits per heavy atom. The summed E-state index contributed by atoms with van der Waals surface area (Å²) < 4.78 is 27.3. The molecule has 1 N–H and O–H groups in total. The Balaban J connectivity index is 2.10. The van der Waals surface area contributed by atoms with Crippen molar-refractivity contribution in [1.29, 1.82) is 0 Å². The lowest BCUT2D eigenvalue weighted by molar-refractivity contribution is 0.600. The molecule has 0 bridgehead atoms. The molecular weight excluding hydrogens is 373 g/mol. The minimum atomic E-state index is -3.60. The monoisotopic (exact) mass is 383 g/mol. The summed E-state index contributed by atoms with van der Waals surface area (Å²) in [6, 6.07) is 4.69. The molecule has 1 aromatic carbocycles. The van der Waals surface area contributed by atoms with E-state index >= 15 is 0 Å². The van der Waals surface area contributed by atoms with Gasteiger partial charge in [0.25, 0.3) is 0 Å². The summed E-state index contributed by atoms with van der Waals surface area (Å²) in [5.74, 6) is 0.598. The van der Waals surface area contributed by atoms with Gasteiger partial charge in [-0.3, -0.25) is 4.72 Å². The van der Waals surface area contributed by atoms with E-state index < -0.39 is 10.0 Å². The zero-order valence-corrected chi connectivity index (χ0v) is 14.8. The molecule has 114 valence electrons. The second-order valence-electron chi connectivity index (χ2n) is 3.90. The third-order valence-electron chi connectivity index (χ3n) is 2.28. The Labute approximate surface area is 141 Å². The van der Waals surface area contributed by atoms with Crippen molar-refractivity contribution in [2.24, 2.45) is 0 Å². The van der Waals surface area contributed by atoms with Gasteiger partial charge in [0.1, 0.15) is 0 Å². The number of nitrogens with zero attached hydrogens (tertiary/aromatic N) is 2. The molecule has 0 saturated heterocycles. The van der Waals surface area contributed by atoms with E-state index in [4.69, 9.17) is 23.2 Å². The molecule has 0 fully saturated rings. The van der Waals surface area contributed by atoms with E-state index in [1.807, 2.05) is 6.92 Å². The molecule has 0 unspecified atom stereocenters. The minimum Gasteiger partial charge on any atom is -0.257 e. The van der Waals surface area contributed by atoms with Gasteiger partial charge in [0.05, 0.1) is 5.75 Å². The first-order valence-electron chi connectivity index (χ1n) is 5.80. The maximum atomic E-state index is 12.1. The predicted molar refractivity (Wildman–Crippen MR) is 89.0 cm³/mol. The van der Waals surface area contributed by atoms with Crippen molar-refractivity contribution in [2.75, 3.05) is 10.5 Å². The van der Waals surface area contributed by atoms with Crippen molar-refractivity contribution in [1.82, 2.24) is 10.2 Å². The van der Waals surface area contributed by atoms with Crippen LogP contribution in [0.3, 0.4) is 0 Å². The Hall–Kier alpha value is -0.540. The van der Waals surface area contributed by atoms with Crippen LogP contribution in [0, 0.1) is 0 Å². The molecule has 5 nitrogen and oxygen atoms in total. The quantitative estimate of drug-likeness (QED) is 0.765. The van der Waals surface area contributed by atoms with Crippen molar-refractivity contribution >= 4 is 61.5 Å². The number of sulfonamides is 1. The van der Waals surface area contributed by atoms with E-state index in [0.29, 0.717) is 15.6 Å². The predicted octanol–water partition coefficient (Wildman–Crippen LogP) is 3.90. The van der Waals surface area contributed by atoms with Gasteiger partial charge in [-0.15, -0.1) is 10.2 Å². The molecule has 0 aliphatic carbocycles. The van der Waals surface area contributed by atoms with Crippen LogP contribution in [0.2, 0.25) is 10.0 Å². The third-order valence-corrected chi connectivity index (χ3v) is 6.04. The average Bonchev–Trinajstić information content (AvgIpc) is 2.80. The molecule has 0 aliphatic heterocycles. The molecule has 0 aliphatic rings. The van der Waals surface area contributed by atoms with E-state index in [2.05, 4.69) is 14.9 Å². The van der Waals surface area contributed by atoms with Crippen molar-refractivity contribution in [3.05, 3.63) is 33.8 Å². The summed E-state index contributed by atoms with van der Waals surface area (Å²) in [5, 5.41) is 8.71. The van der Waals surface area contributed by atoms with Gasteiger partial charge in [-0.05, 0) is 23.4 Å². The van der Waals surface area contributed by atoms with Crippen molar-refractivity contribution < 1.29 is 8.42 Å². The number of aromatic nitrogens is 2. The Morgan fingerprint density at radius 3 is 2.76 bits per heavy atom. The molecule has 10 heteroatoms. The van der Waals surface area contributed by atoms with Crippen molar-refractivity contribution in [3.63, 3.8) is 0 Å². The van der Waals surface area contributed by atoms with Crippen LogP contribution in [0.15, 0.2) is 22.5 Å². The highest BCUT2D eigenvalue weighted by molar-refractivity contribution is 8.01. The van der Waals surface area contributed by atoms with Crippen LogP contribution < -0.4 is 4.72 Å². The fourth-order valence-electron chi connectivity index (χ4n) is 1.45. The van der Waals surface area contributed by atoms with Gasteiger partial charge >= 0.3 is 0 Å². The summed E-state index contributed by atoms with van der Waals surface area (Å²) in [7, 11) is -3.60. The van der Waals surface area contributed by atoms with Gasteiger partial charge < -0.3 is 0 Å². The number of anilines is 1. The second kappa shape index (κ2) is 7.15. The van der Waals surface area contributed by atoms with Crippen LogP contribution in [0.4, 0.5) is 5.13 Å². The van der Waals surface area contributed by atoms with Crippen LogP contribution >= 0.6 is 46.3 Å². The summed E-state index contributed by atoms with van der Waals surface area (Å²) in [4.78, 5) is 0. The number of halogens is 2. The zero-order valence-electron chi connectivity index (χ0n) is 10.8. The molecule has 21 heavy (non-hydrogen) atoms. The standard InChI is InChI=1S/C11H11Cl2N3O2S3/c1-2-19-11-15-14-10(20-11)16-21(17,18)6-7-3-4-8(12)5-9(7)13/h3-5H,2,6H2,1H3,(H,14,16). The molecule has 0 saturated carbocycles. The highest BCUT2D eigenvalue weighted by Crippen LogP contribution is 2.27. The normalized spacial score (nSPS) is 11.6. The van der Waals surface area contributed by atoms with Gasteiger partial charge in [0.2, 0.25) is 15.2 Å². The summed E-state index contributed by atoms with van der Waals surface area (Å²) in [6.45, 7) is 1.98. The number of hydrogen-bond acceptors (Lipinski definition) is 6. The van der Waals surface area contributed by atoms with Crippen LogP contribution in [-0.2, 0) is 15.8 Å². The Morgan fingerprint density at radius 1 is 1.33 bits per heavy atom. The van der Waals surface area contributed by atoms with Gasteiger partial charge in [-0.25, -0.2) is 8.42 Å². The summed E-state index contributed by atoms with van der Waals surface area (Å²) in [5.41, 5.74) is 0.473. The average molecular weight is 384 g/mol. The fourth-order valence-corrected chi connectivity index (χ4v) is 5.09. The first-order chi connectivity index (χ1) is 9.89. The molecule has 2 aromatic rings. The summed E-state index contributed by atoms with van der Waals surface area (Å²) in [6.07, 6.45) is 0. The lowest BCUT2D eigenvalue weighted by Crippen LogP contribution is -2.15. The minimum absolute atomic E-state index is 0.246. The number of nitrogens with one attached hydrogen (secondary N) is 1. The highest BCUT2D eigenvalue weighted by Gasteiger charge is 2.17. The number of thioether (sulfide) groups is 1. The highest BCUT2D eigenvalue weighted by atomic mass is 35.5. The molecule has 2 rings (SSSR count). The lowest BCUT2D eigenvalue weighted by Gasteiger charge is -2.06. The third kappa shape index (κ3) is 5.00. The molecule has 1 aromatic heterocycles. The van der Waals surface area contributed by atoms with Gasteiger partial charge in [-0.1, -0.05) is 59.3 Å². The van der Waals surface area contributed by atoms with E-state index in [9.17, 15) is 8.42 Å². The van der Waals surface area contributed by atoms with Gasteiger partial charge in [-0.2, -0.15) is 0 Å². The first kappa shape index (κ1) is 16.8.